The van der Waals surface area contributed by atoms with Crippen molar-refractivity contribution in [3.05, 3.63) is 70.0 Å². The van der Waals surface area contributed by atoms with Crippen LogP contribution in [0.3, 0.4) is 0 Å². The Hall–Kier alpha value is -3.19. The molecule has 0 amide bonds. The molecule has 184 valence electrons. The number of rotatable bonds is 4. The third-order valence-electron chi connectivity index (χ3n) is 6.20. The van der Waals surface area contributed by atoms with E-state index >= 15 is 4.39 Å². The van der Waals surface area contributed by atoms with E-state index in [0.29, 0.717) is 17.0 Å². The predicted octanol–water partition coefficient (Wildman–Crippen LogP) is 6.08. The fourth-order valence-corrected chi connectivity index (χ4v) is 4.47. The van der Waals surface area contributed by atoms with Gasteiger partial charge in [0, 0.05) is 17.9 Å². The van der Waals surface area contributed by atoms with Crippen LogP contribution in [0.1, 0.15) is 37.0 Å². The highest BCUT2D eigenvalue weighted by molar-refractivity contribution is 6.30. The lowest BCUT2D eigenvalue weighted by atomic mass is 9.84. The Balaban J connectivity index is 1.53. The Morgan fingerprint density at radius 2 is 1.80 bits per heavy atom. The number of halogens is 6. The van der Waals surface area contributed by atoms with Crippen LogP contribution in [-0.4, -0.2) is 35.7 Å². The van der Waals surface area contributed by atoms with Crippen molar-refractivity contribution in [2.24, 2.45) is 16.1 Å². The zero-order valence-corrected chi connectivity index (χ0v) is 19.5. The number of hydrogen-bond donors (Lipinski definition) is 0. The van der Waals surface area contributed by atoms with Crippen LogP contribution in [0.2, 0.25) is 5.02 Å². The number of hydrogen-bond acceptors (Lipinski definition) is 4. The Morgan fingerprint density at radius 3 is 2.34 bits per heavy atom. The average molecular weight is 511 g/mol. The maximum absolute atomic E-state index is 15.4. The summed E-state index contributed by atoms with van der Waals surface area (Å²) in [6, 6.07) is 8.64. The molecule has 0 aliphatic carbocycles. The monoisotopic (exact) mass is 510 g/mol. The third kappa shape index (κ3) is 4.33. The summed E-state index contributed by atoms with van der Waals surface area (Å²) >= 11 is 5.70. The standard InChI is InChI=1S/C24H20ClF5N4O/c1-14(2)21(32-13-31)34-11-22(27,12-34)16-5-3-15(4-6-16)20-10-23(35-33-20,24(28,29)30)17-7-8-19(26)18(25)9-17/h3-9,14H,10-12H2,1-2H3/b32-21+. The predicted molar refractivity (Wildman–Crippen MR) is 120 cm³/mol. The van der Waals surface area contributed by atoms with Crippen LogP contribution in [0.5, 0.6) is 0 Å². The van der Waals surface area contributed by atoms with Gasteiger partial charge in [0.2, 0.25) is 6.19 Å². The van der Waals surface area contributed by atoms with E-state index in [-0.39, 0.29) is 30.3 Å². The summed E-state index contributed by atoms with van der Waals surface area (Å²) in [5, 5.41) is 12.1. The SMILES string of the molecule is CC(C)/C(=N\C#N)N1CC(F)(c2ccc(C3=NOC(c4ccc(F)c(Cl)c4)(C(F)(F)F)C3)cc2)C1. The van der Waals surface area contributed by atoms with E-state index in [9.17, 15) is 17.6 Å². The van der Waals surface area contributed by atoms with E-state index in [0.717, 1.165) is 18.2 Å². The Kier molecular flexibility index (Phi) is 6.26. The maximum Gasteiger partial charge on any atom is 0.435 e. The number of oxime groups is 1. The van der Waals surface area contributed by atoms with Crippen LogP contribution in [0.15, 0.2) is 52.6 Å². The fourth-order valence-electron chi connectivity index (χ4n) is 4.29. The molecule has 4 rings (SSSR count). The van der Waals surface area contributed by atoms with Gasteiger partial charge in [-0.3, -0.25) is 0 Å². The molecular formula is C24H20ClF5N4O. The first-order valence-electron chi connectivity index (χ1n) is 10.7. The fraction of sp³-hybridized carbons (Fsp3) is 0.375. The number of likely N-dealkylation sites (tertiary alicyclic amines) is 1. The van der Waals surface area contributed by atoms with Gasteiger partial charge in [0.25, 0.3) is 5.60 Å². The van der Waals surface area contributed by atoms with Crippen molar-refractivity contribution in [1.82, 2.24) is 4.90 Å². The normalized spacial score (nSPS) is 21.9. The zero-order valence-electron chi connectivity index (χ0n) is 18.7. The molecule has 0 bridgehead atoms. The van der Waals surface area contributed by atoms with Gasteiger partial charge in [0.05, 0.1) is 23.8 Å². The number of nitriles is 1. The minimum absolute atomic E-state index is 0.0115. The van der Waals surface area contributed by atoms with Crippen molar-refractivity contribution in [3.8, 4) is 6.19 Å². The van der Waals surface area contributed by atoms with Crippen molar-refractivity contribution in [3.63, 3.8) is 0 Å². The summed E-state index contributed by atoms with van der Waals surface area (Å²) < 4.78 is 71.2. The lowest BCUT2D eigenvalue weighted by Gasteiger charge is -2.47. The molecule has 2 aromatic rings. The molecule has 2 heterocycles. The van der Waals surface area contributed by atoms with Crippen LogP contribution in [0, 0.1) is 23.2 Å². The second-order valence-corrected chi connectivity index (χ2v) is 9.29. The lowest BCUT2D eigenvalue weighted by Crippen LogP contribution is -2.59. The summed E-state index contributed by atoms with van der Waals surface area (Å²) in [4.78, 5) is 10.4. The molecular weight excluding hydrogens is 491 g/mol. The number of alkyl halides is 4. The summed E-state index contributed by atoms with van der Waals surface area (Å²) in [7, 11) is 0. The molecule has 1 atom stereocenters. The zero-order chi connectivity index (χ0) is 25.6. The summed E-state index contributed by atoms with van der Waals surface area (Å²) in [6.07, 6.45) is -3.79. The molecule has 35 heavy (non-hydrogen) atoms. The van der Waals surface area contributed by atoms with E-state index in [4.69, 9.17) is 21.7 Å². The van der Waals surface area contributed by atoms with Gasteiger partial charge in [-0.25, -0.2) is 8.78 Å². The first-order valence-corrected chi connectivity index (χ1v) is 11.1. The average Bonchev–Trinajstić information content (AvgIpc) is 3.24. The molecule has 1 saturated heterocycles. The molecule has 11 heteroatoms. The first-order chi connectivity index (χ1) is 16.4. The summed E-state index contributed by atoms with van der Waals surface area (Å²) in [6.45, 7) is 3.73. The molecule has 0 saturated carbocycles. The molecule has 5 nitrogen and oxygen atoms in total. The molecule has 0 spiro atoms. The van der Waals surface area contributed by atoms with Gasteiger partial charge in [-0.2, -0.15) is 23.4 Å². The van der Waals surface area contributed by atoms with Crippen LogP contribution in [0.25, 0.3) is 0 Å². The molecule has 2 aliphatic heterocycles. The summed E-state index contributed by atoms with van der Waals surface area (Å²) in [5.41, 5.74) is -4.17. The van der Waals surface area contributed by atoms with Crippen LogP contribution >= 0.6 is 11.6 Å². The van der Waals surface area contributed by atoms with Crippen molar-refractivity contribution >= 4 is 23.1 Å². The van der Waals surface area contributed by atoms with E-state index < -0.39 is 34.7 Å². The van der Waals surface area contributed by atoms with E-state index in [1.54, 1.807) is 11.1 Å². The maximum atomic E-state index is 15.4. The topological polar surface area (TPSA) is 61.0 Å². The van der Waals surface area contributed by atoms with E-state index in [1.807, 2.05) is 13.8 Å². The van der Waals surface area contributed by atoms with Gasteiger partial charge in [0.15, 0.2) is 5.67 Å². The minimum atomic E-state index is -4.86. The molecule has 1 fully saturated rings. The summed E-state index contributed by atoms with van der Waals surface area (Å²) in [5.74, 6) is -0.400. The highest BCUT2D eigenvalue weighted by Gasteiger charge is 2.62. The highest BCUT2D eigenvalue weighted by Crippen LogP contribution is 2.49. The van der Waals surface area contributed by atoms with E-state index in [2.05, 4.69) is 10.1 Å². The van der Waals surface area contributed by atoms with Crippen LogP contribution in [-0.2, 0) is 16.1 Å². The van der Waals surface area contributed by atoms with Gasteiger partial charge in [0.1, 0.15) is 11.7 Å². The molecule has 1 unspecified atom stereocenters. The number of aliphatic imine (C=N–C) groups is 1. The Bertz CT molecular complexity index is 1230. The van der Waals surface area contributed by atoms with Gasteiger partial charge in [-0.1, -0.05) is 60.9 Å². The van der Waals surface area contributed by atoms with Gasteiger partial charge in [-0.15, -0.1) is 0 Å². The Labute approximate surface area is 203 Å². The van der Waals surface area contributed by atoms with Crippen molar-refractivity contribution in [1.29, 1.82) is 5.26 Å². The number of benzene rings is 2. The van der Waals surface area contributed by atoms with E-state index in [1.165, 1.54) is 24.3 Å². The number of nitrogens with zero attached hydrogens (tertiary/aromatic N) is 4. The minimum Gasteiger partial charge on any atom is -0.374 e. The lowest BCUT2D eigenvalue weighted by molar-refractivity contribution is -0.275. The Morgan fingerprint density at radius 1 is 1.17 bits per heavy atom. The third-order valence-corrected chi connectivity index (χ3v) is 6.48. The highest BCUT2D eigenvalue weighted by atomic mass is 35.5. The number of amidine groups is 1. The molecule has 0 radical (unpaired) electrons. The second-order valence-electron chi connectivity index (χ2n) is 8.88. The quantitative estimate of drug-likeness (QED) is 0.217. The largest absolute Gasteiger partial charge is 0.435 e. The van der Waals surface area contributed by atoms with Crippen LogP contribution in [0.4, 0.5) is 22.0 Å². The van der Waals surface area contributed by atoms with Crippen LogP contribution < -0.4 is 0 Å². The van der Waals surface area contributed by atoms with Gasteiger partial charge in [-0.05, 0) is 23.3 Å². The molecule has 2 aliphatic rings. The van der Waals surface area contributed by atoms with Crippen molar-refractivity contribution in [2.75, 3.05) is 13.1 Å². The van der Waals surface area contributed by atoms with Crippen molar-refractivity contribution in [2.45, 2.75) is 37.7 Å². The van der Waals surface area contributed by atoms with Crippen molar-refractivity contribution < 1.29 is 26.8 Å². The van der Waals surface area contributed by atoms with Gasteiger partial charge >= 0.3 is 6.18 Å². The molecule has 0 aromatic heterocycles. The molecule has 2 aromatic carbocycles. The first kappa shape index (κ1) is 24.9. The van der Waals surface area contributed by atoms with Gasteiger partial charge < -0.3 is 9.74 Å². The molecule has 0 N–H and O–H groups in total. The second kappa shape index (κ2) is 8.79. The smallest absolute Gasteiger partial charge is 0.374 e.